The highest BCUT2D eigenvalue weighted by Gasteiger charge is 2.20. The fourth-order valence-electron chi connectivity index (χ4n) is 5.05. The molecule has 2 fully saturated rings. The smallest absolute Gasteiger partial charge is 0.123 e. The summed E-state index contributed by atoms with van der Waals surface area (Å²) in [7, 11) is 0. The van der Waals surface area contributed by atoms with E-state index >= 15 is 0 Å². The highest BCUT2D eigenvalue weighted by molar-refractivity contribution is 5.60. The number of aromatic amines is 2. The summed E-state index contributed by atoms with van der Waals surface area (Å²) in [6.45, 7) is 3.28. The molecule has 2 aliphatic heterocycles. The first kappa shape index (κ1) is 22.2. The van der Waals surface area contributed by atoms with Crippen LogP contribution in [0.25, 0.3) is 22.5 Å². The van der Waals surface area contributed by atoms with E-state index < -0.39 is 0 Å². The molecular formula is C28H32N6O. The van der Waals surface area contributed by atoms with E-state index in [2.05, 4.69) is 79.1 Å². The molecule has 0 aliphatic carbocycles. The molecule has 7 heteroatoms. The first-order valence-corrected chi connectivity index (χ1v) is 12.6. The van der Waals surface area contributed by atoms with Crippen molar-refractivity contribution in [2.45, 2.75) is 51.0 Å². The Kier molecular flexibility index (Phi) is 6.45. The zero-order valence-electron chi connectivity index (χ0n) is 19.9. The Morgan fingerprint density at radius 2 is 1.34 bits per heavy atom. The normalized spacial score (nSPS) is 20.0. The fraction of sp³-hybridized carbons (Fsp3) is 0.357. The molecule has 6 rings (SSSR count). The molecule has 4 heterocycles. The third kappa shape index (κ3) is 5.07. The molecule has 2 atom stereocenters. The van der Waals surface area contributed by atoms with Gasteiger partial charge in [0.1, 0.15) is 11.6 Å². The topological polar surface area (TPSA) is 90.7 Å². The summed E-state index contributed by atoms with van der Waals surface area (Å²) >= 11 is 0. The van der Waals surface area contributed by atoms with E-state index in [1.165, 1.54) is 12.8 Å². The standard InChI is InChI=1S/C28H32N6O/c1-4-20(14-22(5-1)26-16-32-28(34-26)24-7-3-13-30-24)18-35-17-19-8-10-21(11-9-19)25-15-31-27(33-25)23-6-2-12-29-23/h1,4-5,8-11,14-16,23-24,29-30H,2-3,6-7,12-13,17-18H2,(H,31,33)(H,32,34)/t23-,24-/m0/s1. The van der Waals surface area contributed by atoms with E-state index in [-0.39, 0.29) is 0 Å². The molecule has 2 saturated heterocycles. The monoisotopic (exact) mass is 468 g/mol. The van der Waals surface area contributed by atoms with E-state index in [0.29, 0.717) is 25.3 Å². The largest absolute Gasteiger partial charge is 0.372 e. The number of hydrogen-bond acceptors (Lipinski definition) is 5. The average molecular weight is 469 g/mol. The maximum Gasteiger partial charge on any atom is 0.123 e. The minimum Gasteiger partial charge on any atom is -0.372 e. The predicted molar refractivity (Wildman–Crippen MR) is 136 cm³/mol. The van der Waals surface area contributed by atoms with Crippen LogP contribution < -0.4 is 10.6 Å². The maximum absolute atomic E-state index is 6.04. The summed E-state index contributed by atoms with van der Waals surface area (Å²) in [5, 5.41) is 6.99. The summed E-state index contributed by atoms with van der Waals surface area (Å²) in [6, 6.07) is 17.7. The van der Waals surface area contributed by atoms with E-state index in [4.69, 9.17) is 4.74 Å². The van der Waals surface area contributed by atoms with Crippen LogP contribution in [-0.4, -0.2) is 33.0 Å². The lowest BCUT2D eigenvalue weighted by Crippen LogP contribution is -2.14. The first-order chi connectivity index (χ1) is 17.3. The van der Waals surface area contributed by atoms with Crippen molar-refractivity contribution < 1.29 is 4.74 Å². The highest BCUT2D eigenvalue weighted by Crippen LogP contribution is 2.26. The van der Waals surface area contributed by atoms with Crippen molar-refractivity contribution in [1.29, 1.82) is 0 Å². The van der Waals surface area contributed by atoms with Crippen molar-refractivity contribution in [2.75, 3.05) is 13.1 Å². The molecule has 4 N–H and O–H groups in total. The Morgan fingerprint density at radius 3 is 1.97 bits per heavy atom. The van der Waals surface area contributed by atoms with Crippen LogP contribution in [0.15, 0.2) is 60.9 Å². The second-order valence-corrected chi connectivity index (χ2v) is 9.55. The van der Waals surface area contributed by atoms with Gasteiger partial charge in [-0.1, -0.05) is 42.5 Å². The van der Waals surface area contributed by atoms with Crippen LogP contribution in [0.1, 0.15) is 60.5 Å². The molecule has 0 spiro atoms. The molecule has 0 radical (unpaired) electrons. The second kappa shape index (κ2) is 10.2. The highest BCUT2D eigenvalue weighted by atomic mass is 16.5. The van der Waals surface area contributed by atoms with E-state index in [9.17, 15) is 0 Å². The van der Waals surface area contributed by atoms with Crippen LogP contribution in [-0.2, 0) is 18.0 Å². The van der Waals surface area contributed by atoms with Gasteiger partial charge in [-0.15, -0.1) is 0 Å². The lowest BCUT2D eigenvalue weighted by Gasteiger charge is -2.08. The van der Waals surface area contributed by atoms with Crippen molar-refractivity contribution >= 4 is 0 Å². The van der Waals surface area contributed by atoms with Gasteiger partial charge in [0.15, 0.2) is 0 Å². The molecule has 2 aliphatic rings. The lowest BCUT2D eigenvalue weighted by molar-refractivity contribution is 0.107. The second-order valence-electron chi connectivity index (χ2n) is 9.55. The summed E-state index contributed by atoms with van der Waals surface area (Å²) in [5.74, 6) is 2.07. The molecule has 2 aromatic heterocycles. The number of imidazole rings is 2. The zero-order valence-corrected chi connectivity index (χ0v) is 19.9. The number of H-pyrrole nitrogens is 2. The fourth-order valence-corrected chi connectivity index (χ4v) is 5.05. The molecule has 0 saturated carbocycles. The Labute approximate surface area is 205 Å². The van der Waals surface area contributed by atoms with Gasteiger partial charge >= 0.3 is 0 Å². The number of hydrogen-bond donors (Lipinski definition) is 4. The van der Waals surface area contributed by atoms with Crippen molar-refractivity contribution in [1.82, 2.24) is 30.6 Å². The summed E-state index contributed by atoms with van der Waals surface area (Å²) < 4.78 is 6.04. The van der Waals surface area contributed by atoms with Crippen LogP contribution in [0.2, 0.25) is 0 Å². The zero-order chi connectivity index (χ0) is 23.5. The Bertz CT molecular complexity index is 1250. The quantitative estimate of drug-likeness (QED) is 0.291. The first-order valence-electron chi connectivity index (χ1n) is 12.6. The third-order valence-electron chi connectivity index (χ3n) is 7.01. The maximum atomic E-state index is 6.04. The number of benzene rings is 2. The SMILES string of the molecule is c1cc(COCc2ccc(-c3cnc([C@@H]4CCCN4)[nH]3)cc2)cc(-c2cnc([C@@H]3CCCN3)[nH]2)c1. The number of nitrogens with one attached hydrogen (secondary N) is 4. The minimum absolute atomic E-state index is 0.348. The van der Waals surface area contributed by atoms with Crippen LogP contribution in [0, 0.1) is 0 Å². The lowest BCUT2D eigenvalue weighted by atomic mass is 10.1. The molecule has 0 amide bonds. The van der Waals surface area contributed by atoms with Gasteiger partial charge in [-0.25, -0.2) is 9.97 Å². The third-order valence-corrected chi connectivity index (χ3v) is 7.01. The molecule has 2 aromatic carbocycles. The van der Waals surface area contributed by atoms with E-state index in [0.717, 1.165) is 71.2 Å². The van der Waals surface area contributed by atoms with Crippen molar-refractivity contribution in [2.24, 2.45) is 0 Å². The number of rotatable bonds is 8. The molecule has 180 valence electrons. The number of ether oxygens (including phenoxy) is 1. The number of nitrogens with zero attached hydrogens (tertiary/aromatic N) is 2. The molecule has 0 bridgehead atoms. The van der Waals surface area contributed by atoms with Crippen LogP contribution in [0.5, 0.6) is 0 Å². The van der Waals surface area contributed by atoms with E-state index in [1.54, 1.807) is 0 Å². The Hall–Kier alpha value is -3.26. The average Bonchev–Trinajstić information content (AvgIpc) is 3.71. The van der Waals surface area contributed by atoms with E-state index in [1.807, 2.05) is 12.4 Å². The van der Waals surface area contributed by atoms with Crippen molar-refractivity contribution in [3.05, 3.63) is 83.7 Å². The molecule has 0 unspecified atom stereocenters. The Morgan fingerprint density at radius 1 is 0.714 bits per heavy atom. The summed E-state index contributed by atoms with van der Waals surface area (Å²) in [6.07, 6.45) is 8.57. The van der Waals surface area contributed by atoms with Gasteiger partial charge in [0, 0.05) is 0 Å². The van der Waals surface area contributed by atoms with Crippen molar-refractivity contribution in [3.8, 4) is 22.5 Å². The number of aromatic nitrogens is 4. The molecular weight excluding hydrogens is 436 g/mol. The van der Waals surface area contributed by atoms with Gasteiger partial charge in [-0.2, -0.15) is 0 Å². The van der Waals surface area contributed by atoms with Crippen LogP contribution >= 0.6 is 0 Å². The predicted octanol–water partition coefficient (Wildman–Crippen LogP) is 5.03. The van der Waals surface area contributed by atoms with Gasteiger partial charge in [0.05, 0.1) is 49.1 Å². The Balaban J connectivity index is 1.04. The molecule has 4 aromatic rings. The van der Waals surface area contributed by atoms with Gasteiger partial charge in [-0.05, 0) is 67.1 Å². The van der Waals surface area contributed by atoms with Crippen molar-refractivity contribution in [3.63, 3.8) is 0 Å². The van der Waals surface area contributed by atoms with Gasteiger partial charge in [0.25, 0.3) is 0 Å². The van der Waals surface area contributed by atoms with Gasteiger partial charge < -0.3 is 25.3 Å². The minimum atomic E-state index is 0.348. The van der Waals surface area contributed by atoms with Gasteiger partial charge in [0.2, 0.25) is 0 Å². The summed E-state index contributed by atoms with van der Waals surface area (Å²) in [4.78, 5) is 16.1. The molecule has 7 nitrogen and oxygen atoms in total. The van der Waals surface area contributed by atoms with Gasteiger partial charge in [-0.3, -0.25) is 0 Å². The molecule has 35 heavy (non-hydrogen) atoms. The van der Waals surface area contributed by atoms with Crippen LogP contribution in [0.3, 0.4) is 0 Å². The summed E-state index contributed by atoms with van der Waals surface area (Å²) in [5.41, 5.74) is 6.70. The van der Waals surface area contributed by atoms with Crippen LogP contribution in [0.4, 0.5) is 0 Å².